The first kappa shape index (κ1) is 18.0. The van der Waals surface area contributed by atoms with Crippen LogP contribution in [0.4, 0.5) is 18.9 Å². The molecule has 0 fully saturated rings. The van der Waals surface area contributed by atoms with E-state index in [2.05, 4.69) is 0 Å². The number of carbonyl (C=O) groups excluding carboxylic acids is 1. The van der Waals surface area contributed by atoms with Gasteiger partial charge in [-0.2, -0.15) is 13.2 Å². The number of aliphatic carboxylic acids is 1. The van der Waals surface area contributed by atoms with Crippen LogP contribution in [0.15, 0.2) is 48.5 Å². The topological polar surface area (TPSA) is 57.6 Å². The maximum absolute atomic E-state index is 12.8. The molecule has 1 atom stereocenters. The van der Waals surface area contributed by atoms with E-state index in [1.165, 1.54) is 29.2 Å². The maximum Gasteiger partial charge on any atom is 0.389 e. The number of nitrogens with zero attached hydrogens (tertiary/aromatic N) is 1. The highest BCUT2D eigenvalue weighted by Gasteiger charge is 2.36. The van der Waals surface area contributed by atoms with Gasteiger partial charge in [-0.3, -0.25) is 9.59 Å². The molecule has 1 aliphatic heterocycles. The van der Waals surface area contributed by atoms with Gasteiger partial charge in [-0.1, -0.05) is 30.3 Å². The lowest BCUT2D eigenvalue weighted by atomic mass is 10.0. The first-order valence-corrected chi connectivity index (χ1v) is 8.05. The van der Waals surface area contributed by atoms with E-state index in [1.807, 2.05) is 0 Å². The largest absolute Gasteiger partial charge is 0.481 e. The highest BCUT2D eigenvalue weighted by molar-refractivity contribution is 6.08. The number of carboxylic acids is 1. The molecule has 0 aromatic heterocycles. The molecule has 1 aliphatic rings. The smallest absolute Gasteiger partial charge is 0.389 e. The summed E-state index contributed by atoms with van der Waals surface area (Å²) in [4.78, 5) is 25.6. The quantitative estimate of drug-likeness (QED) is 0.893. The lowest BCUT2D eigenvalue weighted by Crippen LogP contribution is -2.31. The summed E-state index contributed by atoms with van der Waals surface area (Å²) in [6.45, 7) is 0.0311. The summed E-state index contributed by atoms with van der Waals surface area (Å²) < 4.78 is 36.9. The van der Waals surface area contributed by atoms with E-state index in [1.54, 1.807) is 24.3 Å². The Morgan fingerprint density at radius 3 is 2.35 bits per heavy atom. The normalized spacial score (nSPS) is 16.4. The molecule has 3 rings (SSSR count). The summed E-state index contributed by atoms with van der Waals surface area (Å²) in [5.74, 6) is -2.17. The first-order valence-electron chi connectivity index (χ1n) is 8.05. The molecule has 2 aromatic carbocycles. The van der Waals surface area contributed by atoms with Crippen molar-refractivity contribution in [2.75, 3.05) is 11.4 Å². The Morgan fingerprint density at radius 1 is 1.08 bits per heavy atom. The summed E-state index contributed by atoms with van der Waals surface area (Å²) >= 11 is 0. The Kier molecular flexibility index (Phi) is 4.71. The van der Waals surface area contributed by atoms with Crippen molar-refractivity contribution in [1.29, 1.82) is 0 Å². The molecule has 0 radical (unpaired) electrons. The molecule has 1 N–H and O–H groups in total. The average molecular weight is 363 g/mol. The van der Waals surface area contributed by atoms with Crippen LogP contribution in [0.3, 0.4) is 0 Å². The Bertz CT molecular complexity index is 831. The molecule has 0 saturated heterocycles. The van der Waals surface area contributed by atoms with E-state index in [4.69, 9.17) is 0 Å². The van der Waals surface area contributed by atoms with Gasteiger partial charge in [-0.05, 0) is 35.7 Å². The van der Waals surface area contributed by atoms with Gasteiger partial charge < -0.3 is 10.0 Å². The van der Waals surface area contributed by atoms with E-state index in [9.17, 15) is 27.9 Å². The SMILES string of the molecule is O=C(O)C1CN(C(=O)c2ccc(CCC(F)(F)F)cc2)c2ccccc21. The van der Waals surface area contributed by atoms with Crippen molar-refractivity contribution in [1.82, 2.24) is 0 Å². The van der Waals surface area contributed by atoms with Crippen molar-refractivity contribution < 1.29 is 27.9 Å². The van der Waals surface area contributed by atoms with Crippen LogP contribution in [-0.4, -0.2) is 29.7 Å². The number of para-hydroxylation sites is 1. The van der Waals surface area contributed by atoms with Gasteiger partial charge in [0.25, 0.3) is 5.91 Å². The van der Waals surface area contributed by atoms with E-state index in [-0.39, 0.29) is 18.9 Å². The Morgan fingerprint density at radius 2 is 1.73 bits per heavy atom. The van der Waals surface area contributed by atoms with Crippen LogP contribution in [0.25, 0.3) is 0 Å². The average Bonchev–Trinajstić information content (AvgIpc) is 2.99. The number of hydrogen-bond donors (Lipinski definition) is 1. The van der Waals surface area contributed by atoms with Crippen molar-refractivity contribution in [2.24, 2.45) is 0 Å². The molecule has 2 aromatic rings. The van der Waals surface area contributed by atoms with Gasteiger partial charge in [-0.15, -0.1) is 0 Å². The van der Waals surface area contributed by atoms with Crippen molar-refractivity contribution in [3.05, 3.63) is 65.2 Å². The van der Waals surface area contributed by atoms with Crippen LogP contribution in [-0.2, 0) is 11.2 Å². The first-order chi connectivity index (χ1) is 12.3. The van der Waals surface area contributed by atoms with Crippen LogP contribution in [0.5, 0.6) is 0 Å². The number of fused-ring (bicyclic) bond motifs is 1. The predicted molar refractivity (Wildman–Crippen MR) is 89.3 cm³/mol. The maximum atomic E-state index is 12.8. The van der Waals surface area contributed by atoms with Crippen LogP contribution in [0.2, 0.25) is 0 Å². The molecule has 1 unspecified atom stereocenters. The number of rotatable bonds is 4. The lowest BCUT2D eigenvalue weighted by molar-refractivity contribution is -0.138. The standard InChI is InChI=1S/C19H16F3NO3/c20-19(21,22)10-9-12-5-7-13(8-6-12)17(24)23-11-15(18(25)26)14-3-1-2-4-16(14)23/h1-8,15H,9-11H2,(H,25,26). The number of halogens is 3. The molecule has 0 bridgehead atoms. The van der Waals surface area contributed by atoms with E-state index < -0.39 is 24.5 Å². The van der Waals surface area contributed by atoms with Gasteiger partial charge in [0.15, 0.2) is 0 Å². The Balaban J connectivity index is 1.79. The highest BCUT2D eigenvalue weighted by Crippen LogP contribution is 2.37. The Hall–Kier alpha value is -2.83. The van der Waals surface area contributed by atoms with Gasteiger partial charge in [0.1, 0.15) is 5.92 Å². The molecule has 4 nitrogen and oxygen atoms in total. The zero-order valence-electron chi connectivity index (χ0n) is 13.7. The number of carbonyl (C=O) groups is 2. The molecule has 0 spiro atoms. The predicted octanol–water partition coefficient (Wildman–Crippen LogP) is 4.01. The second-order valence-electron chi connectivity index (χ2n) is 6.18. The number of alkyl halides is 3. The van der Waals surface area contributed by atoms with Gasteiger partial charge in [0.2, 0.25) is 0 Å². The van der Waals surface area contributed by atoms with E-state index >= 15 is 0 Å². The second kappa shape index (κ2) is 6.82. The third-order valence-corrected chi connectivity index (χ3v) is 4.41. The fourth-order valence-corrected chi connectivity index (χ4v) is 3.07. The highest BCUT2D eigenvalue weighted by atomic mass is 19.4. The van der Waals surface area contributed by atoms with E-state index in [0.717, 1.165) is 0 Å². The lowest BCUT2D eigenvalue weighted by Gasteiger charge is -2.17. The molecule has 7 heteroatoms. The third-order valence-electron chi connectivity index (χ3n) is 4.41. The van der Waals surface area contributed by atoms with Crippen LogP contribution < -0.4 is 4.90 Å². The molecule has 0 aliphatic carbocycles. The Labute approximate surface area is 147 Å². The summed E-state index contributed by atoms with van der Waals surface area (Å²) in [7, 11) is 0. The zero-order valence-corrected chi connectivity index (χ0v) is 13.7. The van der Waals surface area contributed by atoms with Gasteiger partial charge in [0, 0.05) is 24.2 Å². The summed E-state index contributed by atoms with van der Waals surface area (Å²) in [6, 6.07) is 12.8. The van der Waals surface area contributed by atoms with Gasteiger partial charge in [-0.25, -0.2) is 0 Å². The molecule has 0 saturated carbocycles. The monoisotopic (exact) mass is 363 g/mol. The van der Waals surface area contributed by atoms with Crippen molar-refractivity contribution in [3.63, 3.8) is 0 Å². The zero-order chi connectivity index (χ0) is 18.9. The molecule has 1 heterocycles. The number of carboxylic acid groups (broad SMARTS) is 1. The van der Waals surface area contributed by atoms with Crippen molar-refractivity contribution in [3.8, 4) is 0 Å². The number of anilines is 1. The molecule has 26 heavy (non-hydrogen) atoms. The van der Waals surface area contributed by atoms with Crippen LogP contribution in [0, 0.1) is 0 Å². The minimum absolute atomic E-state index is 0.0311. The summed E-state index contributed by atoms with van der Waals surface area (Å²) in [5, 5.41) is 9.36. The number of aryl methyl sites for hydroxylation is 1. The van der Waals surface area contributed by atoms with E-state index in [0.29, 0.717) is 22.4 Å². The van der Waals surface area contributed by atoms with Gasteiger partial charge in [0.05, 0.1) is 0 Å². The third kappa shape index (κ3) is 3.71. The summed E-state index contributed by atoms with van der Waals surface area (Å²) in [5.41, 5.74) is 1.92. The molecule has 136 valence electrons. The van der Waals surface area contributed by atoms with Crippen molar-refractivity contribution >= 4 is 17.6 Å². The summed E-state index contributed by atoms with van der Waals surface area (Å²) in [6.07, 6.45) is -5.29. The minimum atomic E-state index is -4.22. The van der Waals surface area contributed by atoms with Gasteiger partial charge >= 0.3 is 12.1 Å². The van der Waals surface area contributed by atoms with Crippen LogP contribution >= 0.6 is 0 Å². The fraction of sp³-hybridized carbons (Fsp3) is 0.263. The fourth-order valence-electron chi connectivity index (χ4n) is 3.07. The molecular formula is C19H16F3NO3. The number of amides is 1. The number of hydrogen-bond acceptors (Lipinski definition) is 2. The van der Waals surface area contributed by atoms with Crippen molar-refractivity contribution in [2.45, 2.75) is 24.9 Å². The molecular weight excluding hydrogens is 347 g/mol. The number of benzene rings is 2. The second-order valence-corrected chi connectivity index (χ2v) is 6.18. The molecule has 1 amide bonds. The minimum Gasteiger partial charge on any atom is -0.481 e. The van der Waals surface area contributed by atoms with Crippen LogP contribution in [0.1, 0.15) is 33.8 Å².